The van der Waals surface area contributed by atoms with Crippen LogP contribution in [0.3, 0.4) is 0 Å². The first-order chi connectivity index (χ1) is 9.99. The lowest BCUT2D eigenvalue weighted by Gasteiger charge is -2.40. The van der Waals surface area contributed by atoms with Crippen LogP contribution in [-0.2, 0) is 16.1 Å². The number of carbonyl (C=O) groups is 2. The summed E-state index contributed by atoms with van der Waals surface area (Å²) in [6.45, 7) is 6.61. The molecule has 3 heterocycles. The molecular weight excluding hydrogens is 272 g/mol. The second-order valence-electron chi connectivity index (χ2n) is 6.04. The zero-order chi connectivity index (χ0) is 15.1. The maximum Gasteiger partial charge on any atom is 0.246 e. The molecule has 2 fully saturated rings. The number of hydrogen-bond acceptors (Lipinski definition) is 5. The summed E-state index contributed by atoms with van der Waals surface area (Å²) in [5.41, 5.74) is 0. The molecule has 0 radical (unpaired) electrons. The number of hydrogen-bond donors (Lipinski definition) is 0. The van der Waals surface area contributed by atoms with E-state index in [4.69, 9.17) is 4.52 Å². The molecule has 2 aliphatic rings. The average Bonchev–Trinajstić information content (AvgIpc) is 3.10. The van der Waals surface area contributed by atoms with Crippen molar-refractivity contribution in [2.45, 2.75) is 58.2 Å². The molecule has 21 heavy (non-hydrogen) atoms. The van der Waals surface area contributed by atoms with E-state index in [1.165, 1.54) is 0 Å². The lowest BCUT2D eigenvalue weighted by atomic mass is 10.1. The maximum absolute atomic E-state index is 12.6. The Morgan fingerprint density at radius 2 is 2.10 bits per heavy atom. The predicted octanol–water partition coefficient (Wildman–Crippen LogP) is 0.915. The highest BCUT2D eigenvalue weighted by Crippen LogP contribution is 2.27. The summed E-state index contributed by atoms with van der Waals surface area (Å²) in [6, 6.07) is -0.766. The normalized spacial score (nSPS) is 25.9. The van der Waals surface area contributed by atoms with Gasteiger partial charge in [-0.05, 0) is 19.8 Å². The largest absolute Gasteiger partial charge is 0.339 e. The van der Waals surface area contributed by atoms with E-state index in [1.807, 2.05) is 13.8 Å². The SMILES string of the molecule is CC(C)c1nc(CN2C(=O)[C@H]3CCCN3C(=O)[C@@H]2C)no1. The van der Waals surface area contributed by atoms with Crippen molar-refractivity contribution in [2.75, 3.05) is 6.54 Å². The third-order valence-electron chi connectivity index (χ3n) is 4.22. The Hall–Kier alpha value is -1.92. The van der Waals surface area contributed by atoms with Crippen molar-refractivity contribution in [3.05, 3.63) is 11.7 Å². The minimum absolute atomic E-state index is 0.00417. The molecule has 0 N–H and O–H groups in total. The van der Waals surface area contributed by atoms with Crippen LogP contribution in [0, 0.1) is 0 Å². The van der Waals surface area contributed by atoms with E-state index in [0.717, 1.165) is 12.8 Å². The van der Waals surface area contributed by atoms with Gasteiger partial charge in [-0.2, -0.15) is 4.98 Å². The number of nitrogens with zero attached hydrogens (tertiary/aromatic N) is 4. The minimum atomic E-state index is -0.465. The summed E-state index contributed by atoms with van der Waals surface area (Å²) in [5, 5.41) is 3.91. The Balaban J connectivity index is 1.80. The van der Waals surface area contributed by atoms with E-state index in [9.17, 15) is 9.59 Å². The van der Waals surface area contributed by atoms with Crippen molar-refractivity contribution in [3.8, 4) is 0 Å². The Bertz CT molecular complexity index is 568. The summed E-state index contributed by atoms with van der Waals surface area (Å²) in [4.78, 5) is 32.5. The van der Waals surface area contributed by atoms with Crippen LogP contribution in [0.15, 0.2) is 4.52 Å². The first kappa shape index (κ1) is 14.0. The first-order valence-electron chi connectivity index (χ1n) is 7.42. The smallest absolute Gasteiger partial charge is 0.246 e. The van der Waals surface area contributed by atoms with Crippen LogP contribution in [0.1, 0.15) is 51.2 Å². The molecule has 0 unspecified atom stereocenters. The highest BCUT2D eigenvalue weighted by Gasteiger charge is 2.46. The molecule has 0 saturated carbocycles. The van der Waals surface area contributed by atoms with Crippen molar-refractivity contribution in [2.24, 2.45) is 0 Å². The molecule has 2 amide bonds. The van der Waals surface area contributed by atoms with Gasteiger partial charge in [-0.15, -0.1) is 0 Å². The molecule has 0 aromatic carbocycles. The lowest BCUT2D eigenvalue weighted by Crippen LogP contribution is -2.61. The molecule has 0 aliphatic carbocycles. The van der Waals surface area contributed by atoms with Gasteiger partial charge in [-0.1, -0.05) is 19.0 Å². The second kappa shape index (κ2) is 5.13. The first-order valence-corrected chi connectivity index (χ1v) is 7.42. The Kier molecular flexibility index (Phi) is 3.43. The van der Waals surface area contributed by atoms with Crippen molar-refractivity contribution in [1.82, 2.24) is 19.9 Å². The molecule has 2 aliphatic heterocycles. The third kappa shape index (κ3) is 2.30. The second-order valence-corrected chi connectivity index (χ2v) is 6.04. The molecule has 2 atom stereocenters. The standard InChI is InChI=1S/C14H20N4O3/c1-8(2)12-15-11(16-21-12)7-18-9(3)13(19)17-6-4-5-10(17)14(18)20/h8-10H,4-7H2,1-3H3/t9-,10+/m0/s1. The summed E-state index contributed by atoms with van der Waals surface area (Å²) in [5.74, 6) is 1.17. The summed E-state index contributed by atoms with van der Waals surface area (Å²) < 4.78 is 5.16. The van der Waals surface area contributed by atoms with Gasteiger partial charge in [0.05, 0.1) is 6.54 Å². The highest BCUT2D eigenvalue weighted by atomic mass is 16.5. The van der Waals surface area contributed by atoms with Gasteiger partial charge in [-0.3, -0.25) is 9.59 Å². The van der Waals surface area contributed by atoms with Gasteiger partial charge >= 0.3 is 0 Å². The number of fused-ring (bicyclic) bond motifs is 1. The predicted molar refractivity (Wildman–Crippen MR) is 73.1 cm³/mol. The van der Waals surface area contributed by atoms with Crippen LogP contribution < -0.4 is 0 Å². The monoisotopic (exact) mass is 292 g/mol. The number of aromatic nitrogens is 2. The minimum Gasteiger partial charge on any atom is -0.339 e. The third-order valence-corrected chi connectivity index (χ3v) is 4.22. The van der Waals surface area contributed by atoms with Gasteiger partial charge < -0.3 is 14.3 Å². The van der Waals surface area contributed by atoms with Gasteiger partial charge in [0.25, 0.3) is 0 Å². The number of carbonyl (C=O) groups excluding carboxylic acids is 2. The number of rotatable bonds is 3. The molecule has 7 nitrogen and oxygen atoms in total. The molecule has 0 bridgehead atoms. The molecule has 7 heteroatoms. The zero-order valence-electron chi connectivity index (χ0n) is 12.6. The van der Waals surface area contributed by atoms with Gasteiger partial charge in [0.15, 0.2) is 5.82 Å². The van der Waals surface area contributed by atoms with E-state index >= 15 is 0 Å². The van der Waals surface area contributed by atoms with Crippen molar-refractivity contribution >= 4 is 11.8 Å². The fourth-order valence-electron chi connectivity index (χ4n) is 2.98. The summed E-state index contributed by atoms with van der Waals surface area (Å²) in [6.07, 6.45) is 1.64. The number of piperazine rings is 1. The Morgan fingerprint density at radius 3 is 2.76 bits per heavy atom. The van der Waals surface area contributed by atoms with E-state index in [0.29, 0.717) is 18.3 Å². The van der Waals surface area contributed by atoms with Crippen LogP contribution in [0.5, 0.6) is 0 Å². The molecule has 1 aromatic heterocycles. The van der Waals surface area contributed by atoms with Crippen LogP contribution in [0.2, 0.25) is 0 Å². The van der Waals surface area contributed by atoms with Crippen molar-refractivity contribution < 1.29 is 14.1 Å². The van der Waals surface area contributed by atoms with Gasteiger partial charge in [0.2, 0.25) is 17.7 Å². The topological polar surface area (TPSA) is 79.5 Å². The molecule has 2 saturated heterocycles. The quantitative estimate of drug-likeness (QED) is 0.827. The van der Waals surface area contributed by atoms with Gasteiger partial charge in [-0.25, -0.2) is 0 Å². The van der Waals surface area contributed by atoms with E-state index in [2.05, 4.69) is 10.1 Å². The van der Waals surface area contributed by atoms with Gasteiger partial charge in [0, 0.05) is 12.5 Å². The molecule has 114 valence electrons. The van der Waals surface area contributed by atoms with Gasteiger partial charge in [0.1, 0.15) is 12.1 Å². The lowest BCUT2D eigenvalue weighted by molar-refractivity contribution is -0.159. The average molecular weight is 292 g/mol. The zero-order valence-corrected chi connectivity index (χ0v) is 12.6. The van der Waals surface area contributed by atoms with E-state index in [1.54, 1.807) is 16.7 Å². The molecule has 0 spiro atoms. The van der Waals surface area contributed by atoms with Crippen molar-refractivity contribution in [3.63, 3.8) is 0 Å². The van der Waals surface area contributed by atoms with E-state index < -0.39 is 6.04 Å². The fraction of sp³-hybridized carbons (Fsp3) is 0.714. The molecular formula is C14H20N4O3. The van der Waals surface area contributed by atoms with Crippen LogP contribution in [0.4, 0.5) is 0 Å². The van der Waals surface area contributed by atoms with E-state index in [-0.39, 0.29) is 30.3 Å². The van der Waals surface area contributed by atoms with Crippen LogP contribution in [0.25, 0.3) is 0 Å². The molecule has 3 rings (SSSR count). The summed E-state index contributed by atoms with van der Waals surface area (Å²) >= 11 is 0. The Morgan fingerprint density at radius 1 is 1.33 bits per heavy atom. The van der Waals surface area contributed by atoms with Crippen LogP contribution >= 0.6 is 0 Å². The fourth-order valence-corrected chi connectivity index (χ4v) is 2.98. The maximum atomic E-state index is 12.6. The Labute approximate surface area is 123 Å². The van der Waals surface area contributed by atoms with Crippen molar-refractivity contribution in [1.29, 1.82) is 0 Å². The summed E-state index contributed by atoms with van der Waals surface area (Å²) in [7, 11) is 0. The highest BCUT2D eigenvalue weighted by molar-refractivity contribution is 5.97. The van der Waals surface area contributed by atoms with Crippen LogP contribution in [-0.4, -0.2) is 50.4 Å². The number of amides is 2. The molecule has 1 aromatic rings.